The van der Waals surface area contributed by atoms with Crippen LogP contribution in [0.15, 0.2) is 52.7 Å². The van der Waals surface area contributed by atoms with E-state index in [1.807, 2.05) is 31.2 Å². The number of phenols is 1. The summed E-state index contributed by atoms with van der Waals surface area (Å²) in [6, 6.07) is 12.8. The molecule has 0 saturated heterocycles. The number of hydrogen-bond acceptors (Lipinski definition) is 6. The minimum atomic E-state index is -0.0605. The number of nitrogens with zero attached hydrogens (tertiary/aromatic N) is 2. The molecule has 3 rings (SSSR count). The van der Waals surface area contributed by atoms with E-state index in [1.54, 1.807) is 18.2 Å². The highest BCUT2D eigenvalue weighted by Crippen LogP contribution is 2.28. The first-order valence-corrected chi connectivity index (χ1v) is 8.20. The molecule has 0 aliphatic carbocycles. The van der Waals surface area contributed by atoms with Gasteiger partial charge in [0, 0.05) is 17.9 Å². The summed E-state index contributed by atoms with van der Waals surface area (Å²) >= 11 is 0. The highest BCUT2D eigenvalue weighted by Gasteiger charge is 2.21. The predicted molar refractivity (Wildman–Crippen MR) is 101 cm³/mol. The van der Waals surface area contributed by atoms with Gasteiger partial charge in [-0.3, -0.25) is 10.2 Å². The molecular weight excluding hydrogens is 332 g/mol. The van der Waals surface area contributed by atoms with Gasteiger partial charge in [-0.15, -0.1) is 0 Å². The Bertz CT molecular complexity index is 860. The summed E-state index contributed by atoms with van der Waals surface area (Å²) in [6.07, 6.45) is 1.96. The highest BCUT2D eigenvalue weighted by atomic mass is 16.5. The van der Waals surface area contributed by atoms with Crippen molar-refractivity contribution in [1.29, 1.82) is 0 Å². The van der Waals surface area contributed by atoms with E-state index < -0.39 is 0 Å². The van der Waals surface area contributed by atoms with Crippen molar-refractivity contribution in [2.45, 2.75) is 13.3 Å². The van der Waals surface area contributed by atoms with Crippen LogP contribution in [0.1, 0.15) is 24.5 Å². The van der Waals surface area contributed by atoms with Gasteiger partial charge < -0.3 is 9.84 Å². The van der Waals surface area contributed by atoms with Crippen molar-refractivity contribution in [3.8, 4) is 11.5 Å². The van der Waals surface area contributed by atoms with Crippen molar-refractivity contribution in [3.63, 3.8) is 0 Å². The Morgan fingerprint density at radius 1 is 1.31 bits per heavy atom. The van der Waals surface area contributed by atoms with Gasteiger partial charge >= 0.3 is 0 Å². The van der Waals surface area contributed by atoms with Crippen LogP contribution in [0.25, 0.3) is 0 Å². The lowest BCUT2D eigenvalue weighted by molar-refractivity contribution is -0.121. The third-order valence-corrected chi connectivity index (χ3v) is 4.09. The lowest BCUT2D eigenvalue weighted by Gasteiger charge is -2.19. The summed E-state index contributed by atoms with van der Waals surface area (Å²) in [5.41, 5.74) is 8.59. The summed E-state index contributed by atoms with van der Waals surface area (Å²) in [4.78, 5) is 11.3. The number of carbonyl (C=O) groups is 1. The second-order valence-electron chi connectivity index (χ2n) is 5.98. The molecule has 1 amide bonds. The van der Waals surface area contributed by atoms with E-state index >= 15 is 0 Å². The SMILES string of the molecule is COc1cccc(C=NNc2ccc(C3=NNC(=O)CC3C)cc2)c1O. The zero-order valence-corrected chi connectivity index (χ0v) is 14.6. The molecule has 1 aliphatic rings. The molecule has 0 aromatic heterocycles. The number of phenolic OH excluding ortho intramolecular Hbond substituents is 1. The number of anilines is 1. The van der Waals surface area contributed by atoms with E-state index in [0.29, 0.717) is 17.7 Å². The van der Waals surface area contributed by atoms with Crippen LogP contribution in [-0.4, -0.2) is 30.0 Å². The van der Waals surface area contributed by atoms with Crippen LogP contribution in [-0.2, 0) is 4.79 Å². The number of aromatic hydroxyl groups is 1. The lowest BCUT2D eigenvalue weighted by Crippen LogP contribution is -2.31. The Labute approximate surface area is 151 Å². The summed E-state index contributed by atoms with van der Waals surface area (Å²) < 4.78 is 5.07. The van der Waals surface area contributed by atoms with Crippen molar-refractivity contribution in [2.75, 3.05) is 12.5 Å². The summed E-state index contributed by atoms with van der Waals surface area (Å²) in [6.45, 7) is 1.98. The van der Waals surface area contributed by atoms with Crippen molar-refractivity contribution in [1.82, 2.24) is 5.43 Å². The quantitative estimate of drug-likeness (QED) is 0.569. The van der Waals surface area contributed by atoms with Crippen LogP contribution in [0.5, 0.6) is 11.5 Å². The first-order chi connectivity index (χ1) is 12.6. The van der Waals surface area contributed by atoms with E-state index in [-0.39, 0.29) is 17.6 Å². The zero-order chi connectivity index (χ0) is 18.5. The molecule has 0 spiro atoms. The molecule has 0 bridgehead atoms. The minimum Gasteiger partial charge on any atom is -0.504 e. The number of ether oxygens (including phenoxy) is 1. The molecule has 26 heavy (non-hydrogen) atoms. The van der Waals surface area contributed by atoms with E-state index in [1.165, 1.54) is 13.3 Å². The molecular formula is C19H20N4O3. The molecule has 2 aromatic carbocycles. The summed E-state index contributed by atoms with van der Waals surface area (Å²) in [5, 5.41) is 18.3. The number of rotatable bonds is 5. The van der Waals surface area contributed by atoms with Gasteiger partial charge in [-0.2, -0.15) is 10.2 Å². The second-order valence-corrected chi connectivity index (χ2v) is 5.98. The van der Waals surface area contributed by atoms with Gasteiger partial charge in [0.05, 0.1) is 24.7 Å². The molecule has 0 radical (unpaired) electrons. The Morgan fingerprint density at radius 3 is 2.77 bits per heavy atom. The first kappa shape index (κ1) is 17.5. The van der Waals surface area contributed by atoms with Gasteiger partial charge in [-0.05, 0) is 29.8 Å². The lowest BCUT2D eigenvalue weighted by atomic mass is 9.94. The number of para-hydroxylation sites is 1. The molecule has 0 saturated carbocycles. The van der Waals surface area contributed by atoms with Crippen molar-refractivity contribution in [3.05, 3.63) is 53.6 Å². The molecule has 1 aliphatic heterocycles. The monoisotopic (exact) mass is 352 g/mol. The minimum absolute atomic E-state index is 0.0437. The largest absolute Gasteiger partial charge is 0.504 e. The molecule has 2 aromatic rings. The van der Waals surface area contributed by atoms with Crippen LogP contribution >= 0.6 is 0 Å². The number of amides is 1. The fraction of sp³-hybridized carbons (Fsp3) is 0.211. The van der Waals surface area contributed by atoms with Crippen LogP contribution in [0.3, 0.4) is 0 Å². The number of hydrogen-bond donors (Lipinski definition) is 3. The number of methoxy groups -OCH3 is 1. The molecule has 1 unspecified atom stereocenters. The Balaban J connectivity index is 1.68. The van der Waals surface area contributed by atoms with Crippen LogP contribution in [0.4, 0.5) is 5.69 Å². The van der Waals surface area contributed by atoms with Gasteiger partial charge in [0.1, 0.15) is 0 Å². The average Bonchev–Trinajstić information content (AvgIpc) is 2.64. The molecule has 7 nitrogen and oxygen atoms in total. The molecule has 1 atom stereocenters. The standard InChI is InChI=1S/C19H20N4O3/c1-12-10-17(24)22-23-18(12)13-6-8-15(9-7-13)21-20-11-14-4-3-5-16(26-2)19(14)25/h3-9,11-12,21,25H,10H2,1-2H3,(H,22,24). The van der Waals surface area contributed by atoms with E-state index in [0.717, 1.165) is 17.0 Å². The van der Waals surface area contributed by atoms with E-state index in [9.17, 15) is 9.90 Å². The number of hydrazone groups is 2. The van der Waals surface area contributed by atoms with E-state index in [4.69, 9.17) is 4.74 Å². The zero-order valence-electron chi connectivity index (χ0n) is 14.6. The predicted octanol–water partition coefficient (Wildman–Crippen LogP) is 2.71. The number of nitrogens with one attached hydrogen (secondary N) is 2. The molecule has 3 N–H and O–H groups in total. The fourth-order valence-corrected chi connectivity index (χ4v) is 2.70. The van der Waals surface area contributed by atoms with Crippen LogP contribution < -0.4 is 15.6 Å². The smallest absolute Gasteiger partial charge is 0.240 e. The van der Waals surface area contributed by atoms with Crippen molar-refractivity contribution in [2.24, 2.45) is 16.1 Å². The number of benzene rings is 2. The maximum Gasteiger partial charge on any atom is 0.240 e. The van der Waals surface area contributed by atoms with Crippen molar-refractivity contribution >= 4 is 23.5 Å². The van der Waals surface area contributed by atoms with Crippen LogP contribution in [0.2, 0.25) is 0 Å². The Morgan fingerprint density at radius 2 is 2.08 bits per heavy atom. The maximum atomic E-state index is 11.3. The Hall–Kier alpha value is -3.35. The molecule has 7 heteroatoms. The fourth-order valence-electron chi connectivity index (χ4n) is 2.70. The third-order valence-electron chi connectivity index (χ3n) is 4.09. The van der Waals surface area contributed by atoms with Gasteiger partial charge in [0.2, 0.25) is 5.91 Å². The van der Waals surface area contributed by atoms with Crippen molar-refractivity contribution < 1.29 is 14.6 Å². The van der Waals surface area contributed by atoms with Gasteiger partial charge in [0.25, 0.3) is 0 Å². The highest BCUT2D eigenvalue weighted by molar-refractivity contribution is 6.05. The molecule has 0 fully saturated rings. The van der Waals surface area contributed by atoms with Gasteiger partial charge in [0.15, 0.2) is 11.5 Å². The van der Waals surface area contributed by atoms with Gasteiger partial charge in [-0.25, -0.2) is 5.43 Å². The van der Waals surface area contributed by atoms with Crippen LogP contribution in [0, 0.1) is 5.92 Å². The molecule has 1 heterocycles. The Kier molecular flexibility index (Phi) is 5.17. The second kappa shape index (κ2) is 7.69. The topological polar surface area (TPSA) is 95.3 Å². The average molecular weight is 352 g/mol. The summed E-state index contributed by atoms with van der Waals surface area (Å²) in [5.74, 6) is 0.460. The maximum absolute atomic E-state index is 11.3. The number of carbonyl (C=O) groups excluding carboxylic acids is 1. The summed E-state index contributed by atoms with van der Waals surface area (Å²) in [7, 11) is 1.50. The van der Waals surface area contributed by atoms with Gasteiger partial charge in [-0.1, -0.05) is 25.1 Å². The first-order valence-electron chi connectivity index (χ1n) is 8.20. The normalized spacial score (nSPS) is 16.9. The molecule has 134 valence electrons. The third kappa shape index (κ3) is 3.83. The van der Waals surface area contributed by atoms with E-state index in [2.05, 4.69) is 21.1 Å².